The van der Waals surface area contributed by atoms with E-state index in [1.54, 1.807) is 30.0 Å². The summed E-state index contributed by atoms with van der Waals surface area (Å²) >= 11 is 1.55. The predicted octanol–water partition coefficient (Wildman–Crippen LogP) is 3.55. The summed E-state index contributed by atoms with van der Waals surface area (Å²) in [6, 6.07) is 11.9. The monoisotopic (exact) mass is 470 g/mol. The van der Waals surface area contributed by atoms with Crippen LogP contribution in [0.15, 0.2) is 52.9 Å². The molecule has 1 aromatic heterocycles. The van der Waals surface area contributed by atoms with Gasteiger partial charge in [-0.05, 0) is 49.6 Å². The molecule has 11 heteroatoms. The second kappa shape index (κ2) is 11.2. The van der Waals surface area contributed by atoms with Gasteiger partial charge in [0.2, 0.25) is 5.89 Å². The summed E-state index contributed by atoms with van der Waals surface area (Å²) < 4.78 is 10.8. The van der Waals surface area contributed by atoms with E-state index in [1.165, 1.54) is 24.3 Å². The van der Waals surface area contributed by atoms with Gasteiger partial charge in [-0.3, -0.25) is 14.9 Å². The summed E-state index contributed by atoms with van der Waals surface area (Å²) in [6.45, 7) is 1.61. The highest BCUT2D eigenvalue weighted by Crippen LogP contribution is 2.21. The van der Waals surface area contributed by atoms with Crippen molar-refractivity contribution >= 4 is 29.3 Å². The molecule has 0 fully saturated rings. The zero-order valence-corrected chi connectivity index (χ0v) is 18.8. The summed E-state index contributed by atoms with van der Waals surface area (Å²) in [5.41, 5.74) is 1.83. The third kappa shape index (κ3) is 6.62. The van der Waals surface area contributed by atoms with E-state index in [4.69, 9.17) is 9.15 Å². The zero-order chi connectivity index (χ0) is 23.8. The van der Waals surface area contributed by atoms with Crippen molar-refractivity contribution in [2.75, 3.05) is 12.0 Å². The smallest absolute Gasteiger partial charge is 0.329 e. The Balaban J connectivity index is 1.61. The van der Waals surface area contributed by atoms with E-state index in [1.807, 2.05) is 19.2 Å². The first-order valence-corrected chi connectivity index (χ1v) is 11.4. The molecule has 1 unspecified atom stereocenters. The lowest BCUT2D eigenvalue weighted by Gasteiger charge is -2.17. The minimum atomic E-state index is -0.831. The Hall–Kier alpha value is -3.73. The van der Waals surface area contributed by atoms with E-state index in [2.05, 4.69) is 15.5 Å². The van der Waals surface area contributed by atoms with Gasteiger partial charge in [0.1, 0.15) is 6.04 Å². The molecule has 0 aliphatic heterocycles. The van der Waals surface area contributed by atoms with Gasteiger partial charge < -0.3 is 14.5 Å². The van der Waals surface area contributed by atoms with Crippen molar-refractivity contribution in [3.63, 3.8) is 0 Å². The number of ether oxygens (including phenoxy) is 1. The lowest BCUT2D eigenvalue weighted by Crippen LogP contribution is -2.42. The third-order valence-electron chi connectivity index (χ3n) is 4.61. The van der Waals surface area contributed by atoms with Crippen molar-refractivity contribution in [1.82, 2.24) is 15.5 Å². The van der Waals surface area contributed by atoms with Crippen LogP contribution in [0.2, 0.25) is 0 Å². The molecule has 172 valence electrons. The topological polar surface area (TPSA) is 137 Å². The van der Waals surface area contributed by atoms with Crippen LogP contribution in [0.4, 0.5) is 5.69 Å². The van der Waals surface area contributed by atoms with E-state index >= 15 is 0 Å². The highest BCUT2D eigenvalue weighted by molar-refractivity contribution is 7.98. The molecule has 0 saturated heterocycles. The molecule has 0 saturated carbocycles. The minimum absolute atomic E-state index is 0.0589. The number of aromatic nitrogens is 2. The van der Waals surface area contributed by atoms with Crippen molar-refractivity contribution in [2.24, 2.45) is 0 Å². The standard InChI is InChI=1S/C22H22N4O6S/c1-14-4-3-5-16(12-14)20(27)23-18(10-11-33-2)22(28)31-13-19-24-25-21(32-19)15-6-8-17(9-7-15)26(29)30/h3-9,12,18H,10-11,13H2,1-2H3,(H,23,27). The first-order chi connectivity index (χ1) is 15.9. The van der Waals surface area contributed by atoms with E-state index in [0.29, 0.717) is 23.3 Å². The third-order valence-corrected chi connectivity index (χ3v) is 5.25. The number of esters is 1. The first-order valence-electron chi connectivity index (χ1n) is 9.97. The molecule has 1 heterocycles. The zero-order valence-electron chi connectivity index (χ0n) is 18.0. The Morgan fingerprint density at radius 2 is 1.97 bits per heavy atom. The van der Waals surface area contributed by atoms with Gasteiger partial charge in [-0.1, -0.05) is 17.7 Å². The van der Waals surface area contributed by atoms with E-state index < -0.39 is 16.9 Å². The quantitative estimate of drug-likeness (QED) is 0.268. The van der Waals surface area contributed by atoms with Crippen LogP contribution in [-0.2, 0) is 16.1 Å². The van der Waals surface area contributed by atoms with Gasteiger partial charge >= 0.3 is 5.97 Å². The van der Waals surface area contributed by atoms with Crippen molar-refractivity contribution in [1.29, 1.82) is 0 Å². The largest absolute Gasteiger partial charge is 0.454 e. The SMILES string of the molecule is CSCCC(NC(=O)c1cccc(C)c1)C(=O)OCc1nnc(-c2ccc([N+](=O)[O-])cc2)o1. The number of non-ortho nitro benzene ring substituents is 1. The number of nitrogens with one attached hydrogen (secondary N) is 1. The van der Waals surface area contributed by atoms with Crippen LogP contribution in [0.3, 0.4) is 0 Å². The number of carbonyl (C=O) groups is 2. The summed E-state index contributed by atoms with van der Waals surface area (Å²) in [4.78, 5) is 35.5. The number of nitro benzene ring substituents is 1. The first kappa shape index (κ1) is 23.9. The normalized spacial score (nSPS) is 11.6. The minimum Gasteiger partial charge on any atom is -0.454 e. The van der Waals surface area contributed by atoms with E-state index in [9.17, 15) is 19.7 Å². The van der Waals surface area contributed by atoms with Gasteiger partial charge in [0.15, 0.2) is 6.61 Å². The number of nitro groups is 1. The molecule has 10 nitrogen and oxygen atoms in total. The molecule has 0 aliphatic rings. The molecule has 2 aromatic carbocycles. The Bertz CT molecular complexity index is 1130. The fourth-order valence-electron chi connectivity index (χ4n) is 2.90. The number of aryl methyl sites for hydroxylation is 1. The maximum absolute atomic E-state index is 12.6. The second-order valence-electron chi connectivity index (χ2n) is 7.09. The molecule has 0 spiro atoms. The summed E-state index contributed by atoms with van der Waals surface area (Å²) in [7, 11) is 0. The molecule has 3 aromatic rings. The average molecular weight is 471 g/mol. The molecule has 33 heavy (non-hydrogen) atoms. The fourth-order valence-corrected chi connectivity index (χ4v) is 3.37. The second-order valence-corrected chi connectivity index (χ2v) is 8.08. The van der Waals surface area contributed by atoms with Crippen LogP contribution < -0.4 is 5.32 Å². The van der Waals surface area contributed by atoms with Crippen LogP contribution in [0.1, 0.15) is 28.2 Å². The fraction of sp³-hybridized carbons (Fsp3) is 0.273. The van der Waals surface area contributed by atoms with Gasteiger partial charge in [-0.2, -0.15) is 11.8 Å². The number of hydrogen-bond donors (Lipinski definition) is 1. The van der Waals surface area contributed by atoms with Crippen LogP contribution in [0, 0.1) is 17.0 Å². The number of benzene rings is 2. The van der Waals surface area contributed by atoms with Crippen LogP contribution >= 0.6 is 11.8 Å². The summed E-state index contributed by atoms with van der Waals surface area (Å²) in [6.07, 6.45) is 2.30. The molecular weight excluding hydrogens is 448 g/mol. The van der Waals surface area contributed by atoms with Gasteiger partial charge in [0.05, 0.1) is 4.92 Å². The molecule has 0 bridgehead atoms. The number of nitrogens with zero attached hydrogens (tertiary/aromatic N) is 3. The highest BCUT2D eigenvalue weighted by Gasteiger charge is 2.23. The molecular formula is C22H22N4O6S. The maximum atomic E-state index is 12.6. The maximum Gasteiger partial charge on any atom is 0.329 e. The number of carbonyl (C=O) groups excluding carboxylic acids is 2. The molecule has 1 atom stereocenters. The average Bonchev–Trinajstić information content (AvgIpc) is 3.29. The van der Waals surface area contributed by atoms with E-state index in [-0.39, 0.29) is 30.0 Å². The Morgan fingerprint density at radius 3 is 2.64 bits per heavy atom. The Labute approximate surface area is 193 Å². The van der Waals surface area contributed by atoms with Crippen LogP contribution in [0.5, 0.6) is 0 Å². The lowest BCUT2D eigenvalue weighted by molar-refractivity contribution is -0.384. The summed E-state index contributed by atoms with van der Waals surface area (Å²) in [5.74, 6) is -0.119. The van der Waals surface area contributed by atoms with Crippen molar-refractivity contribution < 1.29 is 23.7 Å². The predicted molar refractivity (Wildman–Crippen MR) is 122 cm³/mol. The van der Waals surface area contributed by atoms with Crippen molar-refractivity contribution in [2.45, 2.75) is 26.0 Å². The van der Waals surface area contributed by atoms with Crippen LogP contribution in [0.25, 0.3) is 11.5 Å². The van der Waals surface area contributed by atoms with Crippen molar-refractivity contribution in [3.05, 3.63) is 75.7 Å². The van der Waals surface area contributed by atoms with Crippen LogP contribution in [-0.4, -0.2) is 45.0 Å². The van der Waals surface area contributed by atoms with Gasteiger partial charge in [-0.15, -0.1) is 10.2 Å². The lowest BCUT2D eigenvalue weighted by atomic mass is 10.1. The number of thioether (sulfide) groups is 1. The molecule has 1 amide bonds. The van der Waals surface area contributed by atoms with E-state index in [0.717, 1.165) is 5.56 Å². The van der Waals surface area contributed by atoms with Gasteiger partial charge in [-0.25, -0.2) is 4.79 Å². The Kier molecular flexibility index (Phi) is 8.14. The highest BCUT2D eigenvalue weighted by atomic mass is 32.2. The van der Waals surface area contributed by atoms with Gasteiger partial charge in [0.25, 0.3) is 17.5 Å². The summed E-state index contributed by atoms with van der Waals surface area (Å²) in [5, 5.41) is 21.2. The number of rotatable bonds is 10. The van der Waals surface area contributed by atoms with Gasteiger partial charge in [0, 0.05) is 23.3 Å². The molecule has 1 N–H and O–H groups in total. The number of hydrogen-bond acceptors (Lipinski definition) is 9. The molecule has 0 radical (unpaired) electrons. The Morgan fingerprint density at radius 1 is 1.21 bits per heavy atom. The molecule has 3 rings (SSSR count). The van der Waals surface area contributed by atoms with Crippen molar-refractivity contribution in [3.8, 4) is 11.5 Å². The number of amides is 1. The molecule has 0 aliphatic carbocycles.